The zero-order valence-corrected chi connectivity index (χ0v) is 11.2. The lowest BCUT2D eigenvalue weighted by atomic mass is 10.1. The molecule has 0 amide bonds. The average Bonchev–Trinajstić information content (AvgIpc) is 2.47. The first-order chi connectivity index (χ1) is 9.29. The summed E-state index contributed by atoms with van der Waals surface area (Å²) >= 11 is 0. The lowest BCUT2D eigenvalue weighted by Gasteiger charge is -2.11. The first kappa shape index (κ1) is 13.6. The van der Waals surface area contributed by atoms with Crippen LogP contribution in [0.15, 0.2) is 54.6 Å². The van der Waals surface area contributed by atoms with E-state index in [0.717, 1.165) is 5.75 Å². The normalized spacial score (nSPS) is 12.1. The Labute approximate surface area is 114 Å². The molecule has 0 saturated carbocycles. The van der Waals surface area contributed by atoms with Crippen LogP contribution in [0, 0.1) is 5.92 Å². The number of alkyl halides is 1. The maximum atomic E-state index is 12.2. The van der Waals surface area contributed by atoms with E-state index in [0.29, 0.717) is 13.0 Å². The van der Waals surface area contributed by atoms with Crippen LogP contribution in [-0.2, 0) is 0 Å². The van der Waals surface area contributed by atoms with Gasteiger partial charge in [-0.05, 0) is 35.6 Å². The van der Waals surface area contributed by atoms with Gasteiger partial charge in [-0.1, -0.05) is 49.4 Å². The Kier molecular flexibility index (Phi) is 4.96. The molecule has 0 aliphatic carbocycles. The molecule has 0 spiro atoms. The molecule has 0 N–H and O–H groups in total. The topological polar surface area (TPSA) is 9.23 Å². The van der Waals surface area contributed by atoms with Crippen LogP contribution in [0.3, 0.4) is 0 Å². The number of hydrogen-bond acceptors (Lipinski definition) is 1. The van der Waals surface area contributed by atoms with Gasteiger partial charge >= 0.3 is 0 Å². The van der Waals surface area contributed by atoms with Crippen LogP contribution in [0.1, 0.15) is 13.3 Å². The SMILES string of the molecule is C[C@@H](CCF)COc1ccc(-c2ccccc2)cc1. The second-order valence-electron chi connectivity index (χ2n) is 4.78. The number of benzene rings is 2. The molecule has 0 bridgehead atoms. The molecule has 0 aliphatic rings. The maximum absolute atomic E-state index is 12.2. The minimum absolute atomic E-state index is 0.249. The number of rotatable bonds is 6. The van der Waals surface area contributed by atoms with Crippen molar-refractivity contribution in [1.82, 2.24) is 0 Å². The monoisotopic (exact) mass is 258 g/mol. The largest absolute Gasteiger partial charge is 0.493 e. The van der Waals surface area contributed by atoms with Gasteiger partial charge in [0, 0.05) is 0 Å². The van der Waals surface area contributed by atoms with Crippen LogP contribution in [0.5, 0.6) is 5.75 Å². The first-order valence-corrected chi connectivity index (χ1v) is 6.64. The summed E-state index contributed by atoms with van der Waals surface area (Å²) in [5.41, 5.74) is 2.37. The van der Waals surface area contributed by atoms with Gasteiger partial charge in [-0.25, -0.2) is 0 Å². The van der Waals surface area contributed by atoms with Crippen LogP contribution in [0.2, 0.25) is 0 Å². The van der Waals surface area contributed by atoms with Crippen molar-refractivity contribution in [2.75, 3.05) is 13.3 Å². The molecule has 1 nitrogen and oxygen atoms in total. The van der Waals surface area contributed by atoms with Gasteiger partial charge in [-0.3, -0.25) is 4.39 Å². The van der Waals surface area contributed by atoms with Crippen molar-refractivity contribution < 1.29 is 9.13 Å². The van der Waals surface area contributed by atoms with E-state index in [1.165, 1.54) is 11.1 Å². The molecule has 0 radical (unpaired) electrons. The Hall–Kier alpha value is -1.83. The van der Waals surface area contributed by atoms with Crippen LogP contribution < -0.4 is 4.74 Å². The van der Waals surface area contributed by atoms with Crippen molar-refractivity contribution in [2.24, 2.45) is 5.92 Å². The summed E-state index contributed by atoms with van der Waals surface area (Å²) in [7, 11) is 0. The van der Waals surface area contributed by atoms with Crippen molar-refractivity contribution in [1.29, 1.82) is 0 Å². The molecule has 2 heteroatoms. The lowest BCUT2D eigenvalue weighted by molar-refractivity contribution is 0.241. The Balaban J connectivity index is 1.95. The highest BCUT2D eigenvalue weighted by Gasteiger charge is 2.03. The highest BCUT2D eigenvalue weighted by atomic mass is 19.1. The van der Waals surface area contributed by atoms with Crippen molar-refractivity contribution >= 4 is 0 Å². The fraction of sp³-hybridized carbons (Fsp3) is 0.294. The van der Waals surface area contributed by atoms with Gasteiger partial charge in [0.15, 0.2) is 0 Å². The summed E-state index contributed by atoms with van der Waals surface area (Å²) in [5.74, 6) is 1.09. The molecular weight excluding hydrogens is 239 g/mol. The minimum atomic E-state index is -0.280. The van der Waals surface area contributed by atoms with E-state index < -0.39 is 0 Å². The Morgan fingerprint density at radius 1 is 0.947 bits per heavy atom. The Morgan fingerprint density at radius 2 is 1.58 bits per heavy atom. The van der Waals surface area contributed by atoms with E-state index in [4.69, 9.17) is 4.74 Å². The molecule has 0 heterocycles. The quantitative estimate of drug-likeness (QED) is 0.728. The molecule has 19 heavy (non-hydrogen) atoms. The van der Waals surface area contributed by atoms with Gasteiger partial charge in [0.25, 0.3) is 0 Å². The summed E-state index contributed by atoms with van der Waals surface area (Å²) < 4.78 is 17.8. The summed E-state index contributed by atoms with van der Waals surface area (Å²) in [5, 5.41) is 0. The van der Waals surface area contributed by atoms with Gasteiger partial charge in [0.1, 0.15) is 5.75 Å². The molecule has 2 aromatic carbocycles. The van der Waals surface area contributed by atoms with E-state index in [2.05, 4.69) is 12.1 Å². The van der Waals surface area contributed by atoms with E-state index in [1.807, 2.05) is 49.4 Å². The molecule has 100 valence electrons. The third kappa shape index (κ3) is 4.09. The average molecular weight is 258 g/mol. The third-order valence-electron chi connectivity index (χ3n) is 3.10. The van der Waals surface area contributed by atoms with Crippen molar-refractivity contribution in [3.63, 3.8) is 0 Å². The molecule has 2 aromatic rings. The number of halogens is 1. The van der Waals surface area contributed by atoms with Crippen molar-refractivity contribution in [2.45, 2.75) is 13.3 Å². The van der Waals surface area contributed by atoms with E-state index in [-0.39, 0.29) is 12.6 Å². The summed E-state index contributed by atoms with van der Waals surface area (Å²) in [6, 6.07) is 18.2. The van der Waals surface area contributed by atoms with Crippen molar-refractivity contribution in [3.05, 3.63) is 54.6 Å². The van der Waals surface area contributed by atoms with Crippen LogP contribution >= 0.6 is 0 Å². The van der Waals surface area contributed by atoms with E-state index in [1.54, 1.807) is 0 Å². The Morgan fingerprint density at radius 3 is 2.21 bits per heavy atom. The van der Waals surface area contributed by atoms with Gasteiger partial charge in [0.05, 0.1) is 13.3 Å². The van der Waals surface area contributed by atoms with Crippen LogP contribution in [-0.4, -0.2) is 13.3 Å². The predicted molar refractivity (Wildman–Crippen MR) is 77.1 cm³/mol. The molecule has 0 aromatic heterocycles. The summed E-state index contributed by atoms with van der Waals surface area (Å²) in [4.78, 5) is 0. The number of hydrogen-bond donors (Lipinski definition) is 0. The molecular formula is C17H19FO. The number of ether oxygens (including phenoxy) is 1. The van der Waals surface area contributed by atoms with E-state index >= 15 is 0 Å². The maximum Gasteiger partial charge on any atom is 0.119 e. The fourth-order valence-corrected chi connectivity index (χ4v) is 1.88. The summed E-state index contributed by atoms with van der Waals surface area (Å²) in [6.07, 6.45) is 0.558. The summed E-state index contributed by atoms with van der Waals surface area (Å²) in [6.45, 7) is 2.28. The molecule has 2 rings (SSSR count). The Bertz CT molecular complexity index is 478. The zero-order chi connectivity index (χ0) is 13.5. The molecule has 0 fully saturated rings. The molecule has 0 aliphatic heterocycles. The fourth-order valence-electron chi connectivity index (χ4n) is 1.88. The van der Waals surface area contributed by atoms with E-state index in [9.17, 15) is 4.39 Å². The lowest BCUT2D eigenvalue weighted by Crippen LogP contribution is -2.09. The second kappa shape index (κ2) is 6.93. The smallest absolute Gasteiger partial charge is 0.119 e. The van der Waals surface area contributed by atoms with Crippen LogP contribution in [0.25, 0.3) is 11.1 Å². The van der Waals surface area contributed by atoms with Gasteiger partial charge < -0.3 is 4.74 Å². The first-order valence-electron chi connectivity index (χ1n) is 6.64. The van der Waals surface area contributed by atoms with Gasteiger partial charge in [-0.2, -0.15) is 0 Å². The zero-order valence-electron chi connectivity index (χ0n) is 11.2. The molecule has 0 unspecified atom stereocenters. The molecule has 0 saturated heterocycles. The van der Waals surface area contributed by atoms with Crippen LogP contribution in [0.4, 0.5) is 4.39 Å². The predicted octanol–water partition coefficient (Wildman–Crippen LogP) is 4.73. The van der Waals surface area contributed by atoms with Gasteiger partial charge in [0.2, 0.25) is 0 Å². The minimum Gasteiger partial charge on any atom is -0.493 e. The highest BCUT2D eigenvalue weighted by Crippen LogP contribution is 2.22. The van der Waals surface area contributed by atoms with Crippen molar-refractivity contribution in [3.8, 4) is 16.9 Å². The third-order valence-corrected chi connectivity index (χ3v) is 3.10. The standard InChI is InChI=1S/C17H19FO/c1-14(11-12-18)13-19-17-9-7-16(8-10-17)15-5-3-2-4-6-15/h2-10,14H,11-13H2,1H3/t14-/m0/s1. The highest BCUT2D eigenvalue weighted by molar-refractivity contribution is 5.63. The van der Waals surface area contributed by atoms with Gasteiger partial charge in [-0.15, -0.1) is 0 Å². The second-order valence-corrected chi connectivity index (χ2v) is 4.78. The molecule has 1 atom stereocenters.